The van der Waals surface area contributed by atoms with E-state index >= 15 is 0 Å². The van der Waals surface area contributed by atoms with Crippen molar-refractivity contribution in [2.24, 2.45) is 0 Å². The first-order chi connectivity index (χ1) is 4.79. The minimum absolute atomic E-state index is 0.0568. The number of furan rings is 1. The molecule has 0 aliphatic heterocycles. The summed E-state index contributed by atoms with van der Waals surface area (Å²) in [7, 11) is -2.82. The van der Waals surface area contributed by atoms with Crippen molar-refractivity contribution < 1.29 is 18.4 Å². The van der Waals surface area contributed by atoms with Crippen LogP contribution in [0.4, 0.5) is 0 Å². The van der Waals surface area contributed by atoms with Gasteiger partial charge in [-0.15, -0.1) is 0 Å². The second kappa shape index (κ2) is 3.56. The largest absolute Gasteiger partial charge is 0.467 e. The quantitative estimate of drug-likeness (QED) is 0.678. The topological polar surface area (TPSA) is 59.7 Å². The zero-order valence-corrected chi connectivity index (χ0v) is 6.11. The highest BCUT2D eigenvalue weighted by Crippen LogP contribution is 2.17. The van der Waals surface area contributed by atoms with E-state index in [0.717, 1.165) is 0 Å². The molecule has 56 valence electrons. The van der Waals surface area contributed by atoms with Crippen LogP contribution in [-0.2, 0) is 15.7 Å². The van der Waals surface area contributed by atoms with E-state index in [1.807, 2.05) is 0 Å². The average Bonchev–Trinajstić information content (AvgIpc) is 2.34. The van der Waals surface area contributed by atoms with Gasteiger partial charge in [-0.1, -0.05) is 0 Å². The Labute approximate surface area is 58.4 Å². The molecule has 0 aliphatic carbocycles. The molecule has 0 aromatic carbocycles. The molecule has 1 unspecified atom stereocenters. The number of hydrogen-bond acceptors (Lipinski definition) is 3. The van der Waals surface area contributed by atoms with Gasteiger partial charge in [-0.25, -0.2) is 0 Å². The third kappa shape index (κ3) is 2.35. The monoisotopic (exact) mass is 162 g/mol. The predicted octanol–water partition coefficient (Wildman–Crippen LogP) is 1.18. The SMILES string of the molecule is O=[PH](O)OCc1ccco1. The van der Waals surface area contributed by atoms with Crippen molar-refractivity contribution in [1.82, 2.24) is 0 Å². The van der Waals surface area contributed by atoms with Crippen LogP contribution in [0.2, 0.25) is 0 Å². The van der Waals surface area contributed by atoms with Crippen molar-refractivity contribution in [2.75, 3.05) is 0 Å². The van der Waals surface area contributed by atoms with E-state index in [2.05, 4.69) is 4.52 Å². The molecule has 1 atom stereocenters. The van der Waals surface area contributed by atoms with E-state index in [1.165, 1.54) is 6.26 Å². The molecule has 1 aromatic heterocycles. The standard InChI is InChI=1S/C5H7O4P/c6-10(7)9-4-5-2-1-3-8-5/h1-3,10H,4H2,(H,6,7). The highest BCUT2D eigenvalue weighted by Gasteiger charge is 1.96. The Morgan fingerprint density at radius 1 is 1.80 bits per heavy atom. The van der Waals surface area contributed by atoms with Gasteiger partial charge in [-0.05, 0) is 12.1 Å². The van der Waals surface area contributed by atoms with Gasteiger partial charge in [0, 0.05) is 0 Å². The number of hydrogen-bond donors (Lipinski definition) is 1. The van der Waals surface area contributed by atoms with Gasteiger partial charge in [-0.2, -0.15) is 0 Å². The summed E-state index contributed by atoms with van der Waals surface area (Å²) in [5, 5.41) is 0. The first kappa shape index (κ1) is 7.54. The second-order valence-corrected chi connectivity index (χ2v) is 2.45. The van der Waals surface area contributed by atoms with E-state index < -0.39 is 8.25 Å². The van der Waals surface area contributed by atoms with Crippen molar-refractivity contribution in [1.29, 1.82) is 0 Å². The lowest BCUT2D eigenvalue weighted by atomic mass is 10.5. The first-order valence-electron chi connectivity index (χ1n) is 2.67. The zero-order valence-electron chi connectivity index (χ0n) is 5.11. The van der Waals surface area contributed by atoms with Gasteiger partial charge in [0.1, 0.15) is 12.4 Å². The molecule has 10 heavy (non-hydrogen) atoms. The van der Waals surface area contributed by atoms with Gasteiger partial charge in [0.25, 0.3) is 0 Å². The molecule has 0 bridgehead atoms. The van der Waals surface area contributed by atoms with Crippen LogP contribution < -0.4 is 0 Å². The van der Waals surface area contributed by atoms with E-state index in [-0.39, 0.29) is 6.61 Å². The zero-order chi connectivity index (χ0) is 7.40. The summed E-state index contributed by atoms with van der Waals surface area (Å²) >= 11 is 0. The normalized spacial score (nSPS) is 13.3. The third-order valence-corrected chi connectivity index (χ3v) is 1.31. The molecule has 5 heteroatoms. The molecular formula is C5H7O4P. The lowest BCUT2D eigenvalue weighted by molar-refractivity contribution is 0.247. The maximum absolute atomic E-state index is 10.0. The molecule has 0 amide bonds. The first-order valence-corrected chi connectivity index (χ1v) is 3.93. The molecular weight excluding hydrogens is 155 g/mol. The summed E-state index contributed by atoms with van der Waals surface area (Å²) < 4.78 is 19.2. The summed E-state index contributed by atoms with van der Waals surface area (Å²) in [6.07, 6.45) is 1.48. The fraction of sp³-hybridized carbons (Fsp3) is 0.200. The van der Waals surface area contributed by atoms with Gasteiger partial charge in [0.05, 0.1) is 6.26 Å². The van der Waals surface area contributed by atoms with Gasteiger partial charge >= 0.3 is 8.25 Å². The van der Waals surface area contributed by atoms with E-state index in [9.17, 15) is 4.57 Å². The van der Waals surface area contributed by atoms with Crippen molar-refractivity contribution >= 4 is 8.25 Å². The van der Waals surface area contributed by atoms with E-state index in [1.54, 1.807) is 12.1 Å². The molecule has 1 rings (SSSR count). The Balaban J connectivity index is 2.35. The molecule has 0 aliphatic rings. The lowest BCUT2D eigenvalue weighted by Crippen LogP contribution is -1.80. The Bertz CT molecular complexity index is 205. The lowest BCUT2D eigenvalue weighted by Gasteiger charge is -1.93. The molecule has 0 saturated carbocycles. The molecule has 4 nitrogen and oxygen atoms in total. The maximum Gasteiger partial charge on any atom is 0.317 e. The van der Waals surface area contributed by atoms with Crippen LogP contribution in [0, 0.1) is 0 Å². The highest BCUT2D eigenvalue weighted by molar-refractivity contribution is 7.32. The van der Waals surface area contributed by atoms with Gasteiger partial charge in [-0.3, -0.25) is 4.57 Å². The van der Waals surface area contributed by atoms with Crippen LogP contribution in [0.1, 0.15) is 5.76 Å². The van der Waals surface area contributed by atoms with Crippen LogP contribution in [0.25, 0.3) is 0 Å². The van der Waals surface area contributed by atoms with Crippen LogP contribution in [0.5, 0.6) is 0 Å². The average molecular weight is 162 g/mol. The summed E-state index contributed by atoms with van der Waals surface area (Å²) in [6.45, 7) is 0.0568. The second-order valence-electron chi connectivity index (χ2n) is 1.63. The minimum atomic E-state index is -2.82. The molecule has 0 fully saturated rings. The molecule has 1 aromatic rings. The maximum atomic E-state index is 10.0. The van der Waals surface area contributed by atoms with E-state index in [4.69, 9.17) is 9.31 Å². The predicted molar refractivity (Wildman–Crippen MR) is 34.7 cm³/mol. The molecule has 1 heterocycles. The van der Waals surface area contributed by atoms with Crippen LogP contribution in [0.15, 0.2) is 22.8 Å². The molecule has 1 N–H and O–H groups in total. The Kier molecular flexibility index (Phi) is 2.68. The van der Waals surface area contributed by atoms with Crippen LogP contribution in [0.3, 0.4) is 0 Å². The van der Waals surface area contributed by atoms with E-state index in [0.29, 0.717) is 5.76 Å². The Morgan fingerprint density at radius 2 is 2.60 bits per heavy atom. The summed E-state index contributed by atoms with van der Waals surface area (Å²) in [5.74, 6) is 0.549. The highest BCUT2D eigenvalue weighted by atomic mass is 31.1. The van der Waals surface area contributed by atoms with Gasteiger partial charge in [0.2, 0.25) is 0 Å². The fourth-order valence-electron chi connectivity index (χ4n) is 0.528. The van der Waals surface area contributed by atoms with Gasteiger partial charge in [0.15, 0.2) is 0 Å². The molecule has 0 radical (unpaired) electrons. The van der Waals surface area contributed by atoms with Crippen LogP contribution >= 0.6 is 8.25 Å². The van der Waals surface area contributed by atoms with Crippen LogP contribution in [-0.4, -0.2) is 4.89 Å². The summed E-state index contributed by atoms with van der Waals surface area (Å²) in [5.41, 5.74) is 0. The van der Waals surface area contributed by atoms with Crippen molar-refractivity contribution in [3.63, 3.8) is 0 Å². The number of rotatable bonds is 3. The molecule has 0 spiro atoms. The van der Waals surface area contributed by atoms with Crippen molar-refractivity contribution in [3.05, 3.63) is 24.2 Å². The summed E-state index contributed by atoms with van der Waals surface area (Å²) in [4.78, 5) is 8.23. The molecule has 0 saturated heterocycles. The van der Waals surface area contributed by atoms with Crippen molar-refractivity contribution in [3.8, 4) is 0 Å². The Hall–Kier alpha value is -0.570. The fourth-order valence-corrected chi connectivity index (χ4v) is 0.793. The minimum Gasteiger partial charge on any atom is -0.467 e. The third-order valence-electron chi connectivity index (χ3n) is 0.918. The summed E-state index contributed by atoms with van der Waals surface area (Å²) in [6, 6.07) is 3.36. The Morgan fingerprint density at radius 3 is 3.10 bits per heavy atom. The van der Waals surface area contributed by atoms with Crippen molar-refractivity contribution in [2.45, 2.75) is 6.61 Å². The smallest absolute Gasteiger partial charge is 0.317 e. The van der Waals surface area contributed by atoms with Gasteiger partial charge < -0.3 is 13.8 Å².